The van der Waals surface area contributed by atoms with Crippen molar-refractivity contribution in [1.82, 2.24) is 5.43 Å². The largest absolute Gasteiger partial charge is 0.493 e. The Morgan fingerprint density at radius 3 is 2.78 bits per heavy atom. The van der Waals surface area contributed by atoms with E-state index >= 15 is 0 Å². The van der Waals surface area contributed by atoms with Crippen LogP contribution in [-0.4, -0.2) is 25.8 Å². The molecule has 3 aromatic rings. The lowest BCUT2D eigenvalue weighted by Gasteiger charge is -2.10. The Labute approximate surface area is 165 Å². The summed E-state index contributed by atoms with van der Waals surface area (Å²) in [5, 5.41) is 5.63. The normalized spacial score (nSPS) is 11.1. The fraction of sp³-hybridized carbons (Fsp3) is 0.158. The van der Waals surface area contributed by atoms with Crippen LogP contribution in [0.5, 0.6) is 11.5 Å². The number of carbonyl (C=O) groups is 1. The highest BCUT2D eigenvalue weighted by Gasteiger charge is 2.12. The van der Waals surface area contributed by atoms with Crippen LogP contribution in [-0.2, 0) is 0 Å². The van der Waals surface area contributed by atoms with Crippen LogP contribution in [0.3, 0.4) is 0 Å². The van der Waals surface area contributed by atoms with Crippen LogP contribution in [0.15, 0.2) is 45.9 Å². The molecule has 0 aliphatic heterocycles. The third-order valence-corrected chi connectivity index (χ3v) is 4.22. The van der Waals surface area contributed by atoms with E-state index in [-0.39, 0.29) is 5.76 Å². The maximum Gasteiger partial charge on any atom is 0.307 e. The standard InChI is InChI=1S/C19H16Cl2N2O4/c1-3-26-17-9-14(21)12(8-16(17)25-2)10-22-23-19(24)18-7-11-6-13(20)4-5-15(11)27-18/h4-10H,3H2,1-2H3,(H,23,24)/b22-10+. The SMILES string of the molecule is CCOc1cc(Cl)c(/C=N/NC(=O)c2cc3cc(Cl)ccc3o2)cc1OC. The number of furan rings is 1. The van der Waals surface area contributed by atoms with Gasteiger partial charge in [-0.3, -0.25) is 4.79 Å². The van der Waals surface area contributed by atoms with E-state index < -0.39 is 5.91 Å². The first kappa shape index (κ1) is 19.1. The third-order valence-electron chi connectivity index (χ3n) is 3.65. The van der Waals surface area contributed by atoms with Crippen LogP contribution in [0.4, 0.5) is 0 Å². The number of carbonyl (C=O) groups excluding carboxylic acids is 1. The van der Waals surface area contributed by atoms with E-state index in [0.29, 0.717) is 39.3 Å². The molecule has 0 spiro atoms. The van der Waals surface area contributed by atoms with Crippen LogP contribution >= 0.6 is 23.2 Å². The molecule has 0 aliphatic rings. The maximum atomic E-state index is 12.2. The van der Waals surface area contributed by atoms with Gasteiger partial charge in [-0.2, -0.15) is 5.10 Å². The topological polar surface area (TPSA) is 73.1 Å². The average molecular weight is 407 g/mol. The lowest BCUT2D eigenvalue weighted by Crippen LogP contribution is -2.16. The second-order valence-corrected chi connectivity index (χ2v) is 6.29. The van der Waals surface area contributed by atoms with Gasteiger partial charge in [0.25, 0.3) is 0 Å². The van der Waals surface area contributed by atoms with Crippen molar-refractivity contribution in [2.45, 2.75) is 6.92 Å². The van der Waals surface area contributed by atoms with E-state index in [9.17, 15) is 4.79 Å². The Kier molecular flexibility index (Phi) is 5.88. The molecule has 1 heterocycles. The van der Waals surface area contributed by atoms with Crippen molar-refractivity contribution >= 4 is 46.3 Å². The van der Waals surface area contributed by atoms with Crippen LogP contribution in [0.1, 0.15) is 23.0 Å². The highest BCUT2D eigenvalue weighted by molar-refractivity contribution is 6.33. The number of amides is 1. The number of benzene rings is 2. The summed E-state index contributed by atoms with van der Waals surface area (Å²) in [7, 11) is 1.53. The van der Waals surface area contributed by atoms with Gasteiger partial charge in [0.05, 0.1) is 25.0 Å². The van der Waals surface area contributed by atoms with Gasteiger partial charge in [0.2, 0.25) is 0 Å². The Bertz CT molecular complexity index is 1010. The van der Waals surface area contributed by atoms with E-state index in [1.165, 1.54) is 13.3 Å². The molecule has 0 atom stereocenters. The fourth-order valence-corrected chi connectivity index (χ4v) is 2.80. The number of nitrogens with one attached hydrogen (secondary N) is 1. The van der Waals surface area contributed by atoms with Crippen molar-refractivity contribution < 1.29 is 18.7 Å². The van der Waals surface area contributed by atoms with E-state index in [1.807, 2.05) is 6.92 Å². The Morgan fingerprint density at radius 1 is 1.22 bits per heavy atom. The summed E-state index contributed by atoms with van der Waals surface area (Å²) in [5.74, 6) is 0.683. The van der Waals surface area contributed by atoms with Crippen molar-refractivity contribution in [3.05, 3.63) is 57.8 Å². The number of fused-ring (bicyclic) bond motifs is 1. The second-order valence-electron chi connectivity index (χ2n) is 5.45. The molecule has 0 aliphatic carbocycles. The molecule has 1 aromatic heterocycles. The second kappa shape index (κ2) is 8.33. The van der Waals surface area contributed by atoms with Crippen LogP contribution in [0.25, 0.3) is 11.0 Å². The van der Waals surface area contributed by atoms with Gasteiger partial charge < -0.3 is 13.9 Å². The van der Waals surface area contributed by atoms with E-state index in [2.05, 4.69) is 10.5 Å². The van der Waals surface area contributed by atoms with Crippen LogP contribution < -0.4 is 14.9 Å². The van der Waals surface area contributed by atoms with Gasteiger partial charge in [-0.25, -0.2) is 5.43 Å². The Morgan fingerprint density at radius 2 is 2.04 bits per heavy atom. The molecular formula is C19H16Cl2N2O4. The van der Waals surface area contributed by atoms with Gasteiger partial charge in [0.1, 0.15) is 5.58 Å². The molecule has 0 radical (unpaired) electrons. The predicted octanol–water partition coefficient (Wildman–Crippen LogP) is 4.91. The van der Waals surface area contributed by atoms with Crippen molar-refractivity contribution in [2.24, 2.45) is 5.10 Å². The van der Waals surface area contributed by atoms with Gasteiger partial charge >= 0.3 is 5.91 Å². The Balaban J connectivity index is 1.75. The summed E-state index contributed by atoms with van der Waals surface area (Å²) in [6, 6.07) is 10.0. The molecular weight excluding hydrogens is 391 g/mol. The van der Waals surface area contributed by atoms with Crippen molar-refractivity contribution in [3.8, 4) is 11.5 Å². The molecule has 0 saturated carbocycles. The van der Waals surface area contributed by atoms with Crippen molar-refractivity contribution in [3.63, 3.8) is 0 Å². The molecule has 8 heteroatoms. The van der Waals surface area contributed by atoms with Gasteiger partial charge in [-0.05, 0) is 37.3 Å². The highest BCUT2D eigenvalue weighted by atomic mass is 35.5. The van der Waals surface area contributed by atoms with Gasteiger partial charge in [-0.1, -0.05) is 23.2 Å². The molecule has 6 nitrogen and oxygen atoms in total. The lowest BCUT2D eigenvalue weighted by atomic mass is 10.2. The zero-order valence-corrected chi connectivity index (χ0v) is 16.1. The first-order valence-electron chi connectivity index (χ1n) is 8.04. The molecule has 0 bridgehead atoms. The van der Waals surface area contributed by atoms with Gasteiger partial charge in [0, 0.05) is 22.0 Å². The number of ether oxygens (including phenoxy) is 2. The predicted molar refractivity (Wildman–Crippen MR) is 105 cm³/mol. The van der Waals surface area contributed by atoms with E-state index in [4.69, 9.17) is 37.1 Å². The number of rotatable bonds is 6. The van der Waals surface area contributed by atoms with Gasteiger partial charge in [0.15, 0.2) is 17.3 Å². The zero-order valence-electron chi connectivity index (χ0n) is 14.6. The number of nitrogens with zero attached hydrogens (tertiary/aromatic N) is 1. The fourth-order valence-electron chi connectivity index (χ4n) is 2.42. The number of methoxy groups -OCH3 is 1. The monoisotopic (exact) mass is 406 g/mol. The minimum absolute atomic E-state index is 0.125. The highest BCUT2D eigenvalue weighted by Crippen LogP contribution is 2.32. The summed E-state index contributed by atoms with van der Waals surface area (Å²) < 4.78 is 16.2. The molecule has 1 N–H and O–H groups in total. The summed E-state index contributed by atoms with van der Waals surface area (Å²) in [6.45, 7) is 2.35. The van der Waals surface area contributed by atoms with E-state index in [1.54, 1.807) is 36.4 Å². The van der Waals surface area contributed by atoms with Crippen LogP contribution in [0.2, 0.25) is 10.0 Å². The molecule has 2 aromatic carbocycles. The number of hydrazone groups is 1. The summed E-state index contributed by atoms with van der Waals surface area (Å²) in [5.41, 5.74) is 3.53. The Hall–Kier alpha value is -2.70. The average Bonchev–Trinajstić information content (AvgIpc) is 3.07. The number of hydrogen-bond donors (Lipinski definition) is 1. The molecule has 0 saturated heterocycles. The van der Waals surface area contributed by atoms with Crippen molar-refractivity contribution in [1.29, 1.82) is 0 Å². The lowest BCUT2D eigenvalue weighted by molar-refractivity contribution is 0.0929. The maximum absolute atomic E-state index is 12.2. The molecule has 0 fully saturated rings. The number of hydrogen-bond acceptors (Lipinski definition) is 5. The smallest absolute Gasteiger partial charge is 0.307 e. The first-order valence-corrected chi connectivity index (χ1v) is 8.80. The molecule has 27 heavy (non-hydrogen) atoms. The van der Waals surface area contributed by atoms with E-state index in [0.717, 1.165) is 5.39 Å². The zero-order chi connectivity index (χ0) is 19.4. The molecule has 0 unspecified atom stereocenters. The molecule has 140 valence electrons. The molecule has 3 rings (SSSR count). The van der Waals surface area contributed by atoms with Crippen molar-refractivity contribution in [2.75, 3.05) is 13.7 Å². The quantitative estimate of drug-likeness (QED) is 0.466. The van der Waals surface area contributed by atoms with Gasteiger partial charge in [-0.15, -0.1) is 0 Å². The summed E-state index contributed by atoms with van der Waals surface area (Å²) in [4.78, 5) is 12.2. The molecule has 1 amide bonds. The number of halogens is 2. The minimum Gasteiger partial charge on any atom is -0.493 e. The first-order chi connectivity index (χ1) is 13.0. The van der Waals surface area contributed by atoms with Crippen LogP contribution in [0, 0.1) is 0 Å². The third kappa shape index (κ3) is 4.35. The summed E-state index contributed by atoms with van der Waals surface area (Å²) in [6.07, 6.45) is 1.41. The summed E-state index contributed by atoms with van der Waals surface area (Å²) >= 11 is 12.2. The minimum atomic E-state index is -0.493.